The topological polar surface area (TPSA) is 57.4 Å². The summed E-state index contributed by atoms with van der Waals surface area (Å²) in [5, 5.41) is 0.816. The maximum Gasteiger partial charge on any atom is 0.145 e. The van der Waals surface area contributed by atoms with Crippen LogP contribution in [0.15, 0.2) is 18.2 Å². The van der Waals surface area contributed by atoms with Gasteiger partial charge in [-0.2, -0.15) is 0 Å². The summed E-state index contributed by atoms with van der Waals surface area (Å²) in [6.45, 7) is 2.12. The minimum atomic E-state index is 0.680. The van der Waals surface area contributed by atoms with Crippen molar-refractivity contribution in [1.82, 2.24) is 4.98 Å². The number of ether oxygens (including phenoxy) is 2. The van der Waals surface area contributed by atoms with E-state index < -0.39 is 0 Å². The predicted octanol–water partition coefficient (Wildman–Crippen LogP) is 2.79. The van der Waals surface area contributed by atoms with Crippen LogP contribution in [0.25, 0.3) is 10.9 Å². The molecular formula is C14H18N2O2. The van der Waals surface area contributed by atoms with Crippen molar-refractivity contribution in [2.45, 2.75) is 19.8 Å². The summed E-state index contributed by atoms with van der Waals surface area (Å²) in [6.07, 6.45) is 1.94. The van der Waals surface area contributed by atoms with Crippen LogP contribution in [-0.2, 0) is 6.42 Å². The number of pyridine rings is 1. The first-order valence-corrected chi connectivity index (χ1v) is 6.01. The van der Waals surface area contributed by atoms with Crippen LogP contribution in [0, 0.1) is 0 Å². The number of aryl methyl sites for hydroxylation is 1. The third kappa shape index (κ3) is 2.06. The lowest BCUT2D eigenvalue weighted by Crippen LogP contribution is -1.99. The lowest BCUT2D eigenvalue weighted by Gasteiger charge is -2.12. The summed E-state index contributed by atoms with van der Waals surface area (Å²) in [6, 6.07) is 5.61. The van der Waals surface area contributed by atoms with Crippen molar-refractivity contribution < 1.29 is 9.47 Å². The molecule has 0 fully saturated rings. The molecule has 0 spiro atoms. The minimum Gasteiger partial charge on any atom is -0.496 e. The van der Waals surface area contributed by atoms with Crippen LogP contribution >= 0.6 is 0 Å². The maximum atomic E-state index is 6.11. The average Bonchev–Trinajstić information content (AvgIpc) is 2.37. The van der Waals surface area contributed by atoms with Gasteiger partial charge in [0.15, 0.2) is 0 Å². The van der Waals surface area contributed by atoms with Gasteiger partial charge in [-0.3, -0.25) is 0 Å². The van der Waals surface area contributed by atoms with E-state index in [0.29, 0.717) is 5.69 Å². The molecule has 2 N–H and O–H groups in total. The van der Waals surface area contributed by atoms with Crippen molar-refractivity contribution in [3.05, 3.63) is 23.9 Å². The second kappa shape index (κ2) is 5.12. The Hall–Kier alpha value is -1.97. The SMILES string of the molecule is CCCc1cc(N)c2c(OC)ccc(OC)c2n1. The van der Waals surface area contributed by atoms with Crippen LogP contribution in [0.1, 0.15) is 19.0 Å². The highest BCUT2D eigenvalue weighted by Gasteiger charge is 2.12. The number of anilines is 1. The molecule has 0 bridgehead atoms. The van der Waals surface area contributed by atoms with Crippen LogP contribution in [0.4, 0.5) is 5.69 Å². The van der Waals surface area contributed by atoms with Gasteiger partial charge in [0.05, 0.1) is 19.6 Å². The van der Waals surface area contributed by atoms with Crippen LogP contribution in [0.5, 0.6) is 11.5 Å². The van der Waals surface area contributed by atoms with Crippen LogP contribution in [0.3, 0.4) is 0 Å². The van der Waals surface area contributed by atoms with Gasteiger partial charge in [-0.25, -0.2) is 4.98 Å². The molecule has 2 rings (SSSR count). The van der Waals surface area contributed by atoms with Gasteiger partial charge in [0.1, 0.15) is 17.0 Å². The fourth-order valence-corrected chi connectivity index (χ4v) is 2.09. The predicted molar refractivity (Wildman–Crippen MR) is 73.3 cm³/mol. The van der Waals surface area contributed by atoms with Crippen LogP contribution in [-0.4, -0.2) is 19.2 Å². The Morgan fingerprint density at radius 1 is 1.17 bits per heavy atom. The summed E-state index contributed by atoms with van der Waals surface area (Å²) in [7, 11) is 3.26. The number of aromatic nitrogens is 1. The van der Waals surface area contributed by atoms with Crippen molar-refractivity contribution in [2.75, 3.05) is 20.0 Å². The molecule has 18 heavy (non-hydrogen) atoms. The molecule has 0 radical (unpaired) electrons. The third-order valence-electron chi connectivity index (χ3n) is 2.91. The van der Waals surface area contributed by atoms with Gasteiger partial charge >= 0.3 is 0 Å². The molecule has 1 aromatic heterocycles. The molecule has 1 heterocycles. The second-order valence-corrected chi connectivity index (χ2v) is 4.15. The average molecular weight is 246 g/mol. The van der Waals surface area contributed by atoms with E-state index >= 15 is 0 Å². The molecule has 0 unspecified atom stereocenters. The molecular weight excluding hydrogens is 228 g/mol. The Bertz CT molecular complexity index is 567. The molecule has 0 saturated carbocycles. The van der Waals surface area contributed by atoms with E-state index in [1.165, 1.54) is 0 Å². The Balaban J connectivity index is 2.75. The largest absolute Gasteiger partial charge is 0.496 e. The minimum absolute atomic E-state index is 0.680. The Kier molecular flexibility index (Phi) is 3.55. The Morgan fingerprint density at radius 3 is 2.44 bits per heavy atom. The molecule has 0 aliphatic carbocycles. The van der Waals surface area contributed by atoms with E-state index in [4.69, 9.17) is 15.2 Å². The summed E-state index contributed by atoms with van der Waals surface area (Å²) >= 11 is 0. The van der Waals surface area contributed by atoms with Gasteiger partial charge in [-0.15, -0.1) is 0 Å². The number of nitrogens with zero attached hydrogens (tertiary/aromatic N) is 1. The maximum absolute atomic E-state index is 6.11. The molecule has 0 aliphatic rings. The number of hydrogen-bond acceptors (Lipinski definition) is 4. The van der Waals surface area contributed by atoms with Gasteiger partial charge in [0, 0.05) is 11.4 Å². The standard InChI is InChI=1S/C14H18N2O2/c1-4-5-9-8-10(15)13-11(17-2)6-7-12(18-3)14(13)16-9/h6-8H,4-5H2,1-3H3,(H2,15,16). The molecule has 0 aliphatic heterocycles. The number of nitrogen functional groups attached to an aromatic ring is 1. The molecule has 4 nitrogen and oxygen atoms in total. The number of hydrogen-bond donors (Lipinski definition) is 1. The normalized spacial score (nSPS) is 10.6. The van der Waals surface area contributed by atoms with Crippen LogP contribution < -0.4 is 15.2 Å². The van der Waals surface area contributed by atoms with Gasteiger partial charge in [-0.05, 0) is 24.6 Å². The number of rotatable bonds is 4. The molecule has 1 aromatic carbocycles. The van der Waals surface area contributed by atoms with Gasteiger partial charge in [0.2, 0.25) is 0 Å². The van der Waals surface area contributed by atoms with E-state index in [9.17, 15) is 0 Å². The number of benzene rings is 1. The Labute approximate surface area is 107 Å². The molecule has 0 saturated heterocycles. The first kappa shape index (κ1) is 12.5. The quantitative estimate of drug-likeness (QED) is 0.901. The first-order valence-electron chi connectivity index (χ1n) is 6.01. The van der Waals surface area contributed by atoms with E-state index in [1.807, 2.05) is 18.2 Å². The number of methoxy groups -OCH3 is 2. The van der Waals surface area contributed by atoms with Crippen LogP contribution in [0.2, 0.25) is 0 Å². The summed E-state index contributed by atoms with van der Waals surface area (Å²) in [5.74, 6) is 1.44. The van der Waals surface area contributed by atoms with Gasteiger partial charge in [0.25, 0.3) is 0 Å². The zero-order valence-electron chi connectivity index (χ0n) is 11.0. The molecule has 0 amide bonds. The van der Waals surface area contributed by atoms with Crippen molar-refractivity contribution in [1.29, 1.82) is 0 Å². The van der Waals surface area contributed by atoms with Crippen molar-refractivity contribution in [3.8, 4) is 11.5 Å². The van der Waals surface area contributed by atoms with E-state index in [-0.39, 0.29) is 0 Å². The smallest absolute Gasteiger partial charge is 0.145 e. The fourth-order valence-electron chi connectivity index (χ4n) is 2.09. The van der Waals surface area contributed by atoms with E-state index in [1.54, 1.807) is 14.2 Å². The van der Waals surface area contributed by atoms with E-state index in [2.05, 4.69) is 11.9 Å². The molecule has 96 valence electrons. The van der Waals surface area contributed by atoms with Crippen molar-refractivity contribution >= 4 is 16.6 Å². The van der Waals surface area contributed by atoms with Crippen molar-refractivity contribution in [2.24, 2.45) is 0 Å². The zero-order valence-corrected chi connectivity index (χ0v) is 11.0. The molecule has 0 atom stereocenters. The number of nitrogens with two attached hydrogens (primary N) is 1. The lowest BCUT2D eigenvalue weighted by molar-refractivity contribution is 0.410. The van der Waals surface area contributed by atoms with E-state index in [0.717, 1.165) is 40.9 Å². The summed E-state index contributed by atoms with van der Waals surface area (Å²) in [5.41, 5.74) is 8.54. The molecule has 4 heteroatoms. The van der Waals surface area contributed by atoms with Gasteiger partial charge < -0.3 is 15.2 Å². The van der Waals surface area contributed by atoms with Gasteiger partial charge in [-0.1, -0.05) is 13.3 Å². The first-order chi connectivity index (χ1) is 8.71. The summed E-state index contributed by atoms with van der Waals surface area (Å²) in [4.78, 5) is 4.62. The molecule has 2 aromatic rings. The Morgan fingerprint density at radius 2 is 1.83 bits per heavy atom. The monoisotopic (exact) mass is 246 g/mol. The highest BCUT2D eigenvalue weighted by atomic mass is 16.5. The highest BCUT2D eigenvalue weighted by molar-refractivity contribution is 5.99. The highest BCUT2D eigenvalue weighted by Crippen LogP contribution is 2.36. The van der Waals surface area contributed by atoms with Crippen molar-refractivity contribution in [3.63, 3.8) is 0 Å². The second-order valence-electron chi connectivity index (χ2n) is 4.15. The lowest BCUT2D eigenvalue weighted by atomic mass is 10.1. The fraction of sp³-hybridized carbons (Fsp3) is 0.357. The number of fused-ring (bicyclic) bond motifs is 1. The summed E-state index contributed by atoms with van der Waals surface area (Å²) < 4.78 is 10.7. The zero-order chi connectivity index (χ0) is 13.1. The third-order valence-corrected chi connectivity index (χ3v) is 2.91.